The van der Waals surface area contributed by atoms with Crippen LogP contribution >= 0.6 is 0 Å². The second kappa shape index (κ2) is 8.24. The van der Waals surface area contributed by atoms with E-state index in [0.29, 0.717) is 19.4 Å². The summed E-state index contributed by atoms with van der Waals surface area (Å²) in [6.07, 6.45) is 0.847. The molecule has 0 aliphatic rings. The number of carbonyl (C=O) groups is 2. The standard InChI is InChI=1S/C15H21FN2O3/c1-10(2)8-13(14(19)20)18-15(21)17-7-6-11-4-3-5-12(16)9-11/h3-5,9-10,13H,6-8H2,1-2H3,(H,19,20)(H2,17,18,21). The first-order valence-electron chi connectivity index (χ1n) is 6.90. The van der Waals surface area contributed by atoms with Gasteiger partial charge in [-0.05, 0) is 36.5 Å². The minimum absolute atomic E-state index is 0.165. The molecule has 5 nitrogen and oxygen atoms in total. The third-order valence-corrected chi connectivity index (χ3v) is 2.90. The fourth-order valence-corrected chi connectivity index (χ4v) is 1.92. The van der Waals surface area contributed by atoms with Gasteiger partial charge < -0.3 is 15.7 Å². The molecule has 1 aromatic rings. The maximum atomic E-state index is 13.0. The number of urea groups is 1. The molecule has 0 aliphatic heterocycles. The number of halogens is 1. The van der Waals surface area contributed by atoms with Crippen molar-refractivity contribution in [2.75, 3.05) is 6.54 Å². The van der Waals surface area contributed by atoms with Crippen molar-refractivity contribution in [1.82, 2.24) is 10.6 Å². The summed E-state index contributed by atoms with van der Waals surface area (Å²) in [5, 5.41) is 14.0. The van der Waals surface area contributed by atoms with Gasteiger partial charge in [0.25, 0.3) is 0 Å². The Morgan fingerprint density at radius 1 is 1.33 bits per heavy atom. The number of hydrogen-bond donors (Lipinski definition) is 3. The first-order chi connectivity index (χ1) is 9.88. The van der Waals surface area contributed by atoms with Gasteiger partial charge in [0.05, 0.1) is 0 Å². The number of rotatable bonds is 7. The van der Waals surface area contributed by atoms with Crippen molar-refractivity contribution in [2.24, 2.45) is 5.92 Å². The zero-order valence-corrected chi connectivity index (χ0v) is 12.2. The third kappa shape index (κ3) is 6.74. The molecule has 6 heteroatoms. The van der Waals surface area contributed by atoms with Crippen LogP contribution in [0.1, 0.15) is 25.8 Å². The number of carboxylic acid groups (broad SMARTS) is 1. The second-order valence-electron chi connectivity index (χ2n) is 5.30. The molecule has 0 saturated carbocycles. The normalized spacial score (nSPS) is 12.0. The topological polar surface area (TPSA) is 78.4 Å². The highest BCUT2D eigenvalue weighted by atomic mass is 19.1. The van der Waals surface area contributed by atoms with Crippen LogP contribution in [0, 0.1) is 11.7 Å². The molecule has 0 aliphatic carbocycles. The number of carbonyl (C=O) groups excluding carboxylic acids is 1. The highest BCUT2D eigenvalue weighted by molar-refractivity contribution is 5.82. The van der Waals surface area contributed by atoms with Gasteiger partial charge in [0.15, 0.2) is 0 Å². The van der Waals surface area contributed by atoms with Crippen molar-refractivity contribution in [3.8, 4) is 0 Å². The lowest BCUT2D eigenvalue weighted by Gasteiger charge is -2.16. The van der Waals surface area contributed by atoms with Gasteiger partial charge in [0, 0.05) is 6.54 Å². The summed E-state index contributed by atoms with van der Waals surface area (Å²) in [6.45, 7) is 4.09. The zero-order valence-electron chi connectivity index (χ0n) is 12.2. The van der Waals surface area contributed by atoms with Crippen molar-refractivity contribution in [1.29, 1.82) is 0 Å². The third-order valence-electron chi connectivity index (χ3n) is 2.90. The van der Waals surface area contributed by atoms with Crippen LogP contribution in [0.4, 0.5) is 9.18 Å². The summed E-state index contributed by atoms with van der Waals surface area (Å²) in [4.78, 5) is 22.7. The zero-order chi connectivity index (χ0) is 15.8. The lowest BCUT2D eigenvalue weighted by molar-refractivity contribution is -0.139. The fourth-order valence-electron chi connectivity index (χ4n) is 1.92. The van der Waals surface area contributed by atoms with Crippen molar-refractivity contribution in [2.45, 2.75) is 32.7 Å². The van der Waals surface area contributed by atoms with E-state index in [1.807, 2.05) is 13.8 Å². The number of hydrogen-bond acceptors (Lipinski definition) is 2. The van der Waals surface area contributed by atoms with Crippen LogP contribution in [0.25, 0.3) is 0 Å². The van der Waals surface area contributed by atoms with E-state index in [1.54, 1.807) is 12.1 Å². The summed E-state index contributed by atoms with van der Waals surface area (Å²) < 4.78 is 13.0. The van der Waals surface area contributed by atoms with Crippen molar-refractivity contribution < 1.29 is 19.1 Å². The molecular formula is C15H21FN2O3. The molecule has 3 N–H and O–H groups in total. The molecule has 0 spiro atoms. The molecule has 116 valence electrons. The number of aliphatic carboxylic acids is 1. The van der Waals surface area contributed by atoms with Gasteiger partial charge in [0.1, 0.15) is 11.9 Å². The van der Waals surface area contributed by atoms with E-state index in [2.05, 4.69) is 10.6 Å². The van der Waals surface area contributed by atoms with Crippen LogP contribution in [0.2, 0.25) is 0 Å². The summed E-state index contributed by atoms with van der Waals surface area (Å²) in [5.41, 5.74) is 0.771. The van der Waals surface area contributed by atoms with Gasteiger partial charge in [0.2, 0.25) is 0 Å². The fraction of sp³-hybridized carbons (Fsp3) is 0.467. The minimum Gasteiger partial charge on any atom is -0.480 e. The molecule has 0 fully saturated rings. The van der Waals surface area contributed by atoms with Crippen LogP contribution in [0.15, 0.2) is 24.3 Å². The Labute approximate surface area is 123 Å². The maximum Gasteiger partial charge on any atom is 0.326 e. The Kier molecular flexibility index (Phi) is 6.65. The SMILES string of the molecule is CC(C)CC(NC(=O)NCCc1cccc(F)c1)C(=O)O. The molecular weight excluding hydrogens is 275 g/mol. The Hall–Kier alpha value is -2.11. The Balaban J connectivity index is 2.37. The van der Waals surface area contributed by atoms with Gasteiger partial charge in [-0.3, -0.25) is 0 Å². The van der Waals surface area contributed by atoms with Crippen LogP contribution < -0.4 is 10.6 Å². The van der Waals surface area contributed by atoms with Crippen LogP contribution in [0.5, 0.6) is 0 Å². The van der Waals surface area contributed by atoms with Gasteiger partial charge in [-0.1, -0.05) is 26.0 Å². The highest BCUT2D eigenvalue weighted by Gasteiger charge is 2.20. The molecule has 0 aromatic heterocycles. The lowest BCUT2D eigenvalue weighted by Crippen LogP contribution is -2.47. The van der Waals surface area contributed by atoms with E-state index in [-0.39, 0.29) is 11.7 Å². The average Bonchev–Trinajstić information content (AvgIpc) is 2.37. The number of benzene rings is 1. The number of amides is 2. The van der Waals surface area contributed by atoms with E-state index in [9.17, 15) is 14.0 Å². The average molecular weight is 296 g/mol. The minimum atomic E-state index is -1.05. The molecule has 0 bridgehead atoms. The van der Waals surface area contributed by atoms with Crippen LogP contribution in [-0.4, -0.2) is 29.7 Å². The molecule has 1 aromatic carbocycles. The molecule has 0 heterocycles. The van der Waals surface area contributed by atoms with E-state index >= 15 is 0 Å². The lowest BCUT2D eigenvalue weighted by atomic mass is 10.0. The van der Waals surface area contributed by atoms with Gasteiger partial charge in [-0.25, -0.2) is 14.0 Å². The van der Waals surface area contributed by atoms with Crippen molar-refractivity contribution in [3.05, 3.63) is 35.6 Å². The molecule has 1 rings (SSSR count). The molecule has 0 radical (unpaired) electrons. The van der Waals surface area contributed by atoms with E-state index in [0.717, 1.165) is 5.56 Å². The van der Waals surface area contributed by atoms with Crippen molar-refractivity contribution in [3.63, 3.8) is 0 Å². The molecule has 1 atom stereocenters. The maximum absolute atomic E-state index is 13.0. The Bertz CT molecular complexity index is 492. The number of carboxylic acids is 1. The van der Waals surface area contributed by atoms with Crippen LogP contribution in [0.3, 0.4) is 0 Å². The summed E-state index contributed by atoms with van der Waals surface area (Å²) >= 11 is 0. The molecule has 21 heavy (non-hydrogen) atoms. The predicted octanol–water partition coefficient (Wildman–Crippen LogP) is 2.17. The highest BCUT2D eigenvalue weighted by Crippen LogP contribution is 2.05. The first-order valence-corrected chi connectivity index (χ1v) is 6.90. The summed E-state index contributed by atoms with van der Waals surface area (Å²) in [7, 11) is 0. The van der Waals surface area contributed by atoms with Crippen LogP contribution in [-0.2, 0) is 11.2 Å². The first kappa shape index (κ1) is 16.9. The Morgan fingerprint density at radius 3 is 2.62 bits per heavy atom. The quantitative estimate of drug-likeness (QED) is 0.721. The monoisotopic (exact) mass is 296 g/mol. The summed E-state index contributed by atoms with van der Waals surface area (Å²) in [5.74, 6) is -1.21. The van der Waals surface area contributed by atoms with E-state index < -0.39 is 18.0 Å². The van der Waals surface area contributed by atoms with Gasteiger partial charge >= 0.3 is 12.0 Å². The summed E-state index contributed by atoms with van der Waals surface area (Å²) in [6, 6.07) is 4.69. The largest absolute Gasteiger partial charge is 0.480 e. The molecule has 0 saturated heterocycles. The molecule has 1 unspecified atom stereocenters. The van der Waals surface area contributed by atoms with Crippen molar-refractivity contribution >= 4 is 12.0 Å². The smallest absolute Gasteiger partial charge is 0.326 e. The molecule has 2 amide bonds. The van der Waals surface area contributed by atoms with Gasteiger partial charge in [-0.2, -0.15) is 0 Å². The predicted molar refractivity (Wildman–Crippen MR) is 77.5 cm³/mol. The number of nitrogens with one attached hydrogen (secondary N) is 2. The van der Waals surface area contributed by atoms with E-state index in [1.165, 1.54) is 12.1 Å². The Morgan fingerprint density at radius 2 is 2.05 bits per heavy atom. The second-order valence-corrected chi connectivity index (χ2v) is 5.30. The van der Waals surface area contributed by atoms with Gasteiger partial charge in [-0.15, -0.1) is 0 Å². The van der Waals surface area contributed by atoms with E-state index in [4.69, 9.17) is 5.11 Å².